The van der Waals surface area contributed by atoms with Crippen molar-refractivity contribution in [2.45, 2.75) is 25.9 Å². The molecule has 9 heteroatoms. The lowest BCUT2D eigenvalue weighted by molar-refractivity contribution is 0.581. The highest BCUT2D eigenvalue weighted by Gasteiger charge is 2.11. The number of halogens is 1. The smallest absolute Gasteiger partial charge is 0.191 e. The number of nitrogens with one attached hydrogen (secondary N) is 2. The Hall–Kier alpha value is -1.62. The predicted molar refractivity (Wildman–Crippen MR) is 129 cm³/mol. The number of rotatable bonds is 7. The fourth-order valence-corrected chi connectivity index (χ4v) is 3.46. The van der Waals surface area contributed by atoms with Crippen molar-refractivity contribution in [2.75, 3.05) is 38.1 Å². The number of hydrogen-bond acceptors (Lipinski definition) is 5. The third-order valence-corrected chi connectivity index (χ3v) is 5.20. The predicted octanol–water partition coefficient (Wildman–Crippen LogP) is 2.41. The lowest BCUT2D eigenvalue weighted by atomic mass is 10.1. The number of aliphatic imine (C=N–C) groups is 1. The fourth-order valence-electron chi connectivity index (χ4n) is 2.68. The molecule has 0 bridgehead atoms. The SMILES string of the molecule is CN=C(NCc1cc(N(C)C)nc2ccccc12)NC(C)CCS(C)(=O)=O.I. The van der Waals surface area contributed by atoms with E-state index in [9.17, 15) is 8.42 Å². The van der Waals surface area contributed by atoms with E-state index in [2.05, 4.69) is 32.7 Å². The zero-order valence-electron chi connectivity index (χ0n) is 17.1. The van der Waals surface area contributed by atoms with Gasteiger partial charge < -0.3 is 15.5 Å². The van der Waals surface area contributed by atoms with E-state index in [4.69, 9.17) is 0 Å². The molecule has 1 heterocycles. The van der Waals surface area contributed by atoms with Crippen LogP contribution in [-0.4, -0.2) is 58.6 Å². The van der Waals surface area contributed by atoms with E-state index >= 15 is 0 Å². The van der Waals surface area contributed by atoms with Gasteiger partial charge in [0.1, 0.15) is 15.7 Å². The Morgan fingerprint density at radius 2 is 1.96 bits per heavy atom. The number of hydrogen-bond donors (Lipinski definition) is 2. The molecular formula is C19H30IN5O2S. The molecule has 2 rings (SSSR count). The highest BCUT2D eigenvalue weighted by Crippen LogP contribution is 2.21. The van der Waals surface area contributed by atoms with Crippen LogP contribution in [-0.2, 0) is 16.4 Å². The van der Waals surface area contributed by atoms with E-state index in [0.717, 1.165) is 22.3 Å². The summed E-state index contributed by atoms with van der Waals surface area (Å²) >= 11 is 0. The van der Waals surface area contributed by atoms with Crippen LogP contribution in [0.5, 0.6) is 0 Å². The van der Waals surface area contributed by atoms with Crippen LogP contribution in [0.2, 0.25) is 0 Å². The number of fused-ring (bicyclic) bond motifs is 1. The van der Waals surface area contributed by atoms with Gasteiger partial charge in [0, 0.05) is 45.4 Å². The van der Waals surface area contributed by atoms with E-state index in [0.29, 0.717) is 18.9 Å². The molecule has 0 aliphatic heterocycles. The number of guanidine groups is 1. The lowest BCUT2D eigenvalue weighted by Gasteiger charge is -2.19. The van der Waals surface area contributed by atoms with Crippen molar-refractivity contribution in [3.63, 3.8) is 0 Å². The standard InChI is InChI=1S/C19H29N5O2S.HI/c1-14(10-11-27(5,25)26)22-19(20-2)21-13-15-12-18(24(3)4)23-17-9-7-6-8-16(15)17;/h6-9,12,14H,10-11,13H2,1-5H3,(H2,20,21,22);1H. The van der Waals surface area contributed by atoms with Crippen molar-refractivity contribution in [1.29, 1.82) is 0 Å². The van der Waals surface area contributed by atoms with Gasteiger partial charge in [-0.1, -0.05) is 18.2 Å². The van der Waals surface area contributed by atoms with Crippen LogP contribution in [0.3, 0.4) is 0 Å². The van der Waals surface area contributed by atoms with Gasteiger partial charge in [-0.05, 0) is 31.0 Å². The second-order valence-corrected chi connectivity index (χ2v) is 9.20. The van der Waals surface area contributed by atoms with Crippen LogP contribution in [0.15, 0.2) is 35.3 Å². The Balaban J connectivity index is 0.00000392. The van der Waals surface area contributed by atoms with Crippen molar-refractivity contribution in [1.82, 2.24) is 15.6 Å². The van der Waals surface area contributed by atoms with Gasteiger partial charge >= 0.3 is 0 Å². The molecule has 1 aromatic heterocycles. The number of benzene rings is 1. The molecule has 0 fully saturated rings. The second-order valence-electron chi connectivity index (χ2n) is 6.94. The van der Waals surface area contributed by atoms with Crippen LogP contribution < -0.4 is 15.5 Å². The van der Waals surface area contributed by atoms with E-state index in [1.54, 1.807) is 7.05 Å². The van der Waals surface area contributed by atoms with Crippen molar-refractivity contribution < 1.29 is 8.42 Å². The van der Waals surface area contributed by atoms with E-state index in [1.165, 1.54) is 6.26 Å². The van der Waals surface area contributed by atoms with Crippen molar-refractivity contribution in [3.8, 4) is 0 Å². The number of pyridine rings is 1. The Morgan fingerprint density at radius 1 is 1.29 bits per heavy atom. The number of aromatic nitrogens is 1. The van der Waals surface area contributed by atoms with Crippen LogP contribution in [0.4, 0.5) is 5.82 Å². The maximum absolute atomic E-state index is 11.3. The van der Waals surface area contributed by atoms with Crippen LogP contribution in [0.1, 0.15) is 18.9 Å². The Morgan fingerprint density at radius 3 is 2.57 bits per heavy atom. The number of anilines is 1. The minimum Gasteiger partial charge on any atom is -0.363 e. The van der Waals surface area contributed by atoms with Gasteiger partial charge in [0.25, 0.3) is 0 Å². The van der Waals surface area contributed by atoms with Gasteiger partial charge in [-0.2, -0.15) is 0 Å². The quantitative estimate of drug-likeness (QED) is 0.332. The number of sulfone groups is 1. The summed E-state index contributed by atoms with van der Waals surface area (Å²) in [5.41, 5.74) is 2.07. The normalized spacial score (nSPS) is 13.0. The first-order valence-electron chi connectivity index (χ1n) is 8.90. The summed E-state index contributed by atoms with van der Waals surface area (Å²) in [5.74, 6) is 1.69. The molecule has 0 aliphatic rings. The first-order chi connectivity index (χ1) is 12.7. The minimum absolute atomic E-state index is 0. The molecule has 0 spiro atoms. The third kappa shape index (κ3) is 7.42. The summed E-state index contributed by atoms with van der Waals surface area (Å²) in [7, 11) is 2.68. The zero-order chi connectivity index (χ0) is 20.0. The Kier molecular flexibility index (Phi) is 9.42. The van der Waals surface area contributed by atoms with Gasteiger partial charge in [-0.25, -0.2) is 13.4 Å². The van der Waals surface area contributed by atoms with Crippen molar-refractivity contribution in [3.05, 3.63) is 35.9 Å². The molecule has 28 heavy (non-hydrogen) atoms. The summed E-state index contributed by atoms with van der Waals surface area (Å²) in [6, 6.07) is 10.1. The lowest BCUT2D eigenvalue weighted by Crippen LogP contribution is -2.42. The molecule has 2 N–H and O–H groups in total. The van der Waals surface area contributed by atoms with Gasteiger partial charge in [-0.15, -0.1) is 24.0 Å². The Labute approximate surface area is 185 Å². The summed E-state index contributed by atoms with van der Waals surface area (Å²) in [6.07, 6.45) is 1.78. The molecule has 1 unspecified atom stereocenters. The zero-order valence-corrected chi connectivity index (χ0v) is 20.2. The van der Waals surface area contributed by atoms with E-state index < -0.39 is 9.84 Å². The molecule has 0 saturated heterocycles. The van der Waals surface area contributed by atoms with Crippen LogP contribution in [0, 0.1) is 0 Å². The van der Waals surface area contributed by atoms with Gasteiger partial charge in [0.15, 0.2) is 5.96 Å². The maximum Gasteiger partial charge on any atom is 0.191 e. The molecule has 0 radical (unpaired) electrons. The highest BCUT2D eigenvalue weighted by molar-refractivity contribution is 14.0. The molecule has 7 nitrogen and oxygen atoms in total. The van der Waals surface area contributed by atoms with Crippen molar-refractivity contribution in [2.24, 2.45) is 4.99 Å². The van der Waals surface area contributed by atoms with Gasteiger partial charge in [0.05, 0.1) is 11.3 Å². The number of para-hydroxylation sites is 1. The van der Waals surface area contributed by atoms with E-state index in [-0.39, 0.29) is 35.8 Å². The molecule has 156 valence electrons. The van der Waals surface area contributed by atoms with Crippen molar-refractivity contribution >= 4 is 56.5 Å². The van der Waals surface area contributed by atoms with Gasteiger partial charge in [-0.3, -0.25) is 4.99 Å². The molecule has 2 aromatic rings. The summed E-state index contributed by atoms with van der Waals surface area (Å²) in [4.78, 5) is 10.9. The Bertz CT molecular complexity index is 916. The van der Waals surface area contributed by atoms with Crippen LogP contribution >= 0.6 is 24.0 Å². The summed E-state index contributed by atoms with van der Waals surface area (Å²) < 4.78 is 22.7. The monoisotopic (exact) mass is 519 g/mol. The maximum atomic E-state index is 11.3. The highest BCUT2D eigenvalue weighted by atomic mass is 127. The first-order valence-corrected chi connectivity index (χ1v) is 11.0. The molecular weight excluding hydrogens is 489 g/mol. The van der Waals surface area contributed by atoms with Gasteiger partial charge in [0.2, 0.25) is 0 Å². The third-order valence-electron chi connectivity index (χ3n) is 4.22. The minimum atomic E-state index is -2.97. The van der Waals surface area contributed by atoms with Crippen LogP contribution in [0.25, 0.3) is 10.9 Å². The summed E-state index contributed by atoms with van der Waals surface area (Å²) in [5, 5.41) is 7.65. The second kappa shape index (κ2) is 10.8. The largest absolute Gasteiger partial charge is 0.363 e. The molecule has 1 atom stereocenters. The molecule has 0 saturated carbocycles. The average molecular weight is 519 g/mol. The first kappa shape index (κ1) is 24.4. The fraction of sp³-hybridized carbons (Fsp3) is 0.474. The van der Waals surface area contributed by atoms with E-state index in [1.807, 2.05) is 44.1 Å². The number of nitrogens with zero attached hydrogens (tertiary/aromatic N) is 3. The summed E-state index contributed by atoms with van der Waals surface area (Å²) in [6.45, 7) is 2.53. The molecule has 0 amide bonds. The molecule has 0 aliphatic carbocycles. The average Bonchev–Trinajstić information content (AvgIpc) is 2.62. The topological polar surface area (TPSA) is 86.7 Å². The molecule has 1 aromatic carbocycles.